The molecule has 3 N–H and O–H groups in total. The minimum absolute atomic E-state index is 0.105. The monoisotopic (exact) mass is 448 g/mol. The second kappa shape index (κ2) is 7.93. The molecule has 6 heteroatoms. The largest absolute Gasteiger partial charge is 0.451 e. The Labute approximate surface area is 191 Å². The van der Waals surface area contributed by atoms with Gasteiger partial charge in [0.05, 0.1) is 6.61 Å². The maximum Gasteiger partial charge on any atom is 0.344 e. The van der Waals surface area contributed by atoms with Crippen molar-refractivity contribution in [1.82, 2.24) is 0 Å². The molecule has 8 atom stereocenters. The second-order valence-electron chi connectivity index (χ2n) is 11.4. The summed E-state index contributed by atoms with van der Waals surface area (Å²) in [5.74, 6) is -1.86. The van der Waals surface area contributed by atoms with Gasteiger partial charge in [0.2, 0.25) is 11.4 Å². The summed E-state index contributed by atoms with van der Waals surface area (Å²) >= 11 is 0. The van der Waals surface area contributed by atoms with E-state index in [4.69, 9.17) is 9.47 Å². The third-order valence-electron chi connectivity index (χ3n) is 9.77. The van der Waals surface area contributed by atoms with Crippen LogP contribution in [0, 0.1) is 22.7 Å². The number of ether oxygens (including phenoxy) is 2. The van der Waals surface area contributed by atoms with Crippen LogP contribution in [0.4, 0.5) is 0 Å². The molecule has 4 aliphatic rings. The smallest absolute Gasteiger partial charge is 0.344 e. The van der Waals surface area contributed by atoms with Crippen LogP contribution < -0.4 is 0 Å². The summed E-state index contributed by atoms with van der Waals surface area (Å²) < 4.78 is 10.3. The van der Waals surface area contributed by atoms with Crippen LogP contribution in [-0.4, -0.2) is 51.5 Å². The van der Waals surface area contributed by atoms with Crippen LogP contribution in [0.2, 0.25) is 0 Å². The van der Waals surface area contributed by atoms with E-state index in [1.165, 1.54) is 19.3 Å². The molecule has 180 valence electrons. The van der Waals surface area contributed by atoms with Gasteiger partial charge in [0.15, 0.2) is 6.10 Å². The first-order valence-corrected chi connectivity index (χ1v) is 12.2. The molecule has 0 aromatic carbocycles. The SMILES string of the molecule is CC1=CCC[C@H]2[C@@](C)(CC/C(C)=C/C[C@@]3(O)C(=O)O[C@@H]4[C@@H](O)CO[C@@]43O)[C@H](C)CC[C@@]12C. The molecule has 0 amide bonds. The van der Waals surface area contributed by atoms with E-state index in [1.807, 2.05) is 13.0 Å². The Bertz CT molecular complexity index is 834. The fraction of sp³-hybridized carbons (Fsp3) is 0.808. The van der Waals surface area contributed by atoms with Crippen molar-refractivity contribution in [3.8, 4) is 0 Å². The summed E-state index contributed by atoms with van der Waals surface area (Å²) in [5, 5.41) is 31.7. The minimum Gasteiger partial charge on any atom is -0.451 e. The van der Waals surface area contributed by atoms with Crippen LogP contribution >= 0.6 is 0 Å². The lowest BCUT2D eigenvalue weighted by atomic mass is 9.47. The second-order valence-corrected chi connectivity index (χ2v) is 11.4. The Morgan fingerprint density at radius 2 is 2.00 bits per heavy atom. The van der Waals surface area contributed by atoms with Crippen molar-refractivity contribution in [1.29, 1.82) is 0 Å². The average Bonchev–Trinajstić information content (AvgIpc) is 3.14. The first kappa shape index (κ1) is 23.9. The first-order chi connectivity index (χ1) is 14.9. The highest BCUT2D eigenvalue weighted by atomic mass is 16.7. The molecule has 2 aliphatic heterocycles. The topological polar surface area (TPSA) is 96.2 Å². The van der Waals surface area contributed by atoms with Crippen LogP contribution in [0.3, 0.4) is 0 Å². The van der Waals surface area contributed by atoms with Gasteiger partial charge in [0.25, 0.3) is 0 Å². The average molecular weight is 449 g/mol. The van der Waals surface area contributed by atoms with Crippen molar-refractivity contribution in [2.75, 3.05) is 6.61 Å². The third-order valence-corrected chi connectivity index (χ3v) is 9.77. The molecule has 0 bridgehead atoms. The molecule has 1 saturated carbocycles. The fourth-order valence-corrected chi connectivity index (χ4v) is 6.97. The molecule has 0 spiro atoms. The van der Waals surface area contributed by atoms with Gasteiger partial charge in [0.1, 0.15) is 6.10 Å². The molecule has 3 fully saturated rings. The van der Waals surface area contributed by atoms with E-state index in [0.717, 1.165) is 24.8 Å². The summed E-state index contributed by atoms with van der Waals surface area (Å²) in [5.41, 5.74) is 0.910. The molecular weight excluding hydrogens is 408 g/mol. The fourth-order valence-electron chi connectivity index (χ4n) is 6.97. The Balaban J connectivity index is 1.47. The number of hydrogen-bond donors (Lipinski definition) is 3. The van der Waals surface area contributed by atoms with Crippen molar-refractivity contribution >= 4 is 5.97 Å². The lowest BCUT2D eigenvalue weighted by molar-refractivity contribution is -0.261. The van der Waals surface area contributed by atoms with Gasteiger partial charge in [-0.25, -0.2) is 4.79 Å². The maximum absolute atomic E-state index is 12.3. The summed E-state index contributed by atoms with van der Waals surface area (Å²) in [4.78, 5) is 12.3. The Kier molecular flexibility index (Phi) is 5.93. The highest BCUT2D eigenvalue weighted by Crippen LogP contribution is 2.62. The van der Waals surface area contributed by atoms with E-state index < -0.39 is 29.6 Å². The molecule has 0 aromatic heterocycles. The molecule has 2 heterocycles. The molecule has 2 aliphatic carbocycles. The van der Waals surface area contributed by atoms with Gasteiger partial charge in [-0.3, -0.25) is 0 Å². The summed E-state index contributed by atoms with van der Waals surface area (Å²) in [6.07, 6.45) is 8.55. The zero-order valence-electron chi connectivity index (χ0n) is 20.2. The molecule has 0 unspecified atom stereocenters. The Morgan fingerprint density at radius 3 is 2.72 bits per heavy atom. The van der Waals surface area contributed by atoms with Crippen LogP contribution in [-0.2, 0) is 14.3 Å². The summed E-state index contributed by atoms with van der Waals surface area (Å²) in [6, 6.07) is 0. The molecule has 2 saturated heterocycles. The van der Waals surface area contributed by atoms with E-state index in [-0.39, 0.29) is 23.9 Å². The Hall–Kier alpha value is -1.21. The normalized spacial score (nSPS) is 48.8. The van der Waals surface area contributed by atoms with Crippen molar-refractivity contribution in [2.45, 2.75) is 103 Å². The van der Waals surface area contributed by atoms with Gasteiger partial charge < -0.3 is 24.8 Å². The van der Waals surface area contributed by atoms with Crippen molar-refractivity contribution in [3.05, 3.63) is 23.3 Å². The third kappa shape index (κ3) is 3.32. The van der Waals surface area contributed by atoms with Crippen LogP contribution in [0.15, 0.2) is 23.3 Å². The van der Waals surface area contributed by atoms with Gasteiger partial charge in [0, 0.05) is 6.42 Å². The maximum atomic E-state index is 12.3. The molecular formula is C26H40O6. The number of esters is 1. The van der Waals surface area contributed by atoms with Gasteiger partial charge in [-0.1, -0.05) is 44.1 Å². The van der Waals surface area contributed by atoms with Crippen LogP contribution in [0.1, 0.15) is 79.6 Å². The van der Waals surface area contributed by atoms with Crippen molar-refractivity contribution < 1.29 is 29.6 Å². The number of rotatable bonds is 5. The first-order valence-electron chi connectivity index (χ1n) is 12.2. The van der Waals surface area contributed by atoms with E-state index >= 15 is 0 Å². The van der Waals surface area contributed by atoms with Gasteiger partial charge in [-0.2, -0.15) is 0 Å². The number of aliphatic hydroxyl groups is 3. The predicted octanol–water partition coefficient (Wildman–Crippen LogP) is 3.64. The van der Waals surface area contributed by atoms with E-state index in [0.29, 0.717) is 11.8 Å². The van der Waals surface area contributed by atoms with Crippen LogP contribution in [0.25, 0.3) is 0 Å². The van der Waals surface area contributed by atoms with E-state index in [1.54, 1.807) is 5.57 Å². The zero-order valence-corrected chi connectivity index (χ0v) is 20.2. The number of aliphatic hydroxyl groups excluding tert-OH is 1. The lowest BCUT2D eigenvalue weighted by Crippen LogP contribution is -2.57. The predicted molar refractivity (Wildman–Crippen MR) is 120 cm³/mol. The zero-order chi connectivity index (χ0) is 23.5. The molecule has 4 rings (SSSR count). The van der Waals surface area contributed by atoms with Crippen LogP contribution in [0.5, 0.6) is 0 Å². The molecule has 0 aromatic rings. The Morgan fingerprint density at radius 1 is 1.28 bits per heavy atom. The number of allylic oxidation sites excluding steroid dienone is 3. The highest BCUT2D eigenvalue weighted by molar-refractivity contribution is 5.84. The van der Waals surface area contributed by atoms with Gasteiger partial charge in [-0.15, -0.1) is 0 Å². The van der Waals surface area contributed by atoms with E-state index in [2.05, 4.69) is 33.8 Å². The summed E-state index contributed by atoms with van der Waals surface area (Å²) in [7, 11) is 0. The minimum atomic E-state index is -2.21. The van der Waals surface area contributed by atoms with Crippen molar-refractivity contribution in [3.63, 3.8) is 0 Å². The number of fused-ring (bicyclic) bond motifs is 2. The quantitative estimate of drug-likeness (QED) is 0.439. The standard InChI is InChI=1S/C26H40O6/c1-16(10-14-25(29)22(28)32-21-19(27)15-31-26(21,25)30)9-12-23(4)18(3)11-13-24(5)17(2)7-6-8-20(23)24/h7,10,18-21,27,29-30H,6,8-9,11-15H2,1-5H3/b16-10+/t18-,19+,20+,21-,23+,24+,25-,26+/m1/s1. The molecule has 32 heavy (non-hydrogen) atoms. The van der Waals surface area contributed by atoms with Crippen molar-refractivity contribution in [2.24, 2.45) is 22.7 Å². The molecule has 0 radical (unpaired) electrons. The number of carbonyl (C=O) groups excluding carboxylic acids is 1. The summed E-state index contributed by atoms with van der Waals surface area (Å²) in [6.45, 7) is 11.4. The van der Waals surface area contributed by atoms with Gasteiger partial charge >= 0.3 is 5.97 Å². The lowest BCUT2D eigenvalue weighted by Gasteiger charge is -2.58. The highest BCUT2D eigenvalue weighted by Gasteiger charge is 2.72. The number of hydrogen-bond acceptors (Lipinski definition) is 6. The molecule has 6 nitrogen and oxygen atoms in total. The number of carbonyl (C=O) groups is 1. The van der Waals surface area contributed by atoms with Gasteiger partial charge in [-0.05, 0) is 75.0 Å². The van der Waals surface area contributed by atoms with E-state index in [9.17, 15) is 20.1 Å².